The van der Waals surface area contributed by atoms with Gasteiger partial charge in [-0.05, 0) is 23.6 Å². The van der Waals surface area contributed by atoms with Crippen LogP contribution in [0.2, 0.25) is 0 Å². The standard InChI is InChI=1S/C17H11N3S/c1-2-6-12(7-3-1)17-19-13-8-4-10-18-15(13)16(20-17)14-9-5-11-21-14/h1-11H. The average molecular weight is 289 g/mol. The predicted octanol–water partition coefficient (Wildman–Crippen LogP) is 4.42. The predicted molar refractivity (Wildman–Crippen MR) is 86.1 cm³/mol. The Hall–Kier alpha value is -2.59. The van der Waals surface area contributed by atoms with Gasteiger partial charge in [0, 0.05) is 11.8 Å². The van der Waals surface area contributed by atoms with Gasteiger partial charge in [0.15, 0.2) is 5.82 Å². The first kappa shape index (κ1) is 12.2. The molecule has 3 heterocycles. The lowest BCUT2D eigenvalue weighted by Crippen LogP contribution is -1.95. The third kappa shape index (κ3) is 2.19. The van der Waals surface area contributed by atoms with E-state index in [0.29, 0.717) is 0 Å². The van der Waals surface area contributed by atoms with Gasteiger partial charge in [0.1, 0.15) is 11.2 Å². The van der Waals surface area contributed by atoms with Gasteiger partial charge < -0.3 is 0 Å². The molecule has 0 aliphatic carbocycles. The zero-order valence-electron chi connectivity index (χ0n) is 11.1. The van der Waals surface area contributed by atoms with Crippen molar-refractivity contribution in [2.75, 3.05) is 0 Å². The molecule has 100 valence electrons. The lowest BCUT2D eigenvalue weighted by molar-refractivity contribution is 1.21. The third-order valence-electron chi connectivity index (χ3n) is 3.24. The van der Waals surface area contributed by atoms with Crippen molar-refractivity contribution in [1.29, 1.82) is 0 Å². The Morgan fingerprint density at radius 2 is 1.71 bits per heavy atom. The number of thiophene rings is 1. The number of fused-ring (bicyclic) bond motifs is 1. The van der Waals surface area contributed by atoms with Crippen LogP contribution >= 0.6 is 11.3 Å². The molecule has 0 bridgehead atoms. The Kier molecular flexibility index (Phi) is 2.94. The van der Waals surface area contributed by atoms with Crippen LogP contribution < -0.4 is 0 Å². The SMILES string of the molecule is c1ccc(-c2nc(-c3cccs3)c3ncccc3n2)cc1. The molecule has 4 aromatic rings. The summed E-state index contributed by atoms with van der Waals surface area (Å²) in [6, 6.07) is 18.0. The molecule has 0 unspecified atom stereocenters. The minimum atomic E-state index is 0.736. The second-order valence-electron chi connectivity index (χ2n) is 4.61. The van der Waals surface area contributed by atoms with E-state index in [9.17, 15) is 0 Å². The zero-order chi connectivity index (χ0) is 14.1. The van der Waals surface area contributed by atoms with Gasteiger partial charge in [-0.25, -0.2) is 9.97 Å². The van der Waals surface area contributed by atoms with E-state index in [1.807, 2.05) is 48.5 Å². The van der Waals surface area contributed by atoms with Crippen LogP contribution in [0.15, 0.2) is 66.2 Å². The molecule has 0 radical (unpaired) electrons. The van der Waals surface area contributed by atoms with Gasteiger partial charge in [-0.2, -0.15) is 0 Å². The molecule has 0 atom stereocenters. The van der Waals surface area contributed by atoms with Crippen molar-refractivity contribution in [1.82, 2.24) is 15.0 Å². The summed E-state index contributed by atoms with van der Waals surface area (Å²) in [6.07, 6.45) is 1.78. The highest BCUT2D eigenvalue weighted by atomic mass is 32.1. The number of nitrogens with zero attached hydrogens (tertiary/aromatic N) is 3. The Bertz CT molecular complexity index is 886. The molecule has 4 rings (SSSR count). The molecule has 0 saturated heterocycles. The van der Waals surface area contributed by atoms with Crippen molar-refractivity contribution in [2.24, 2.45) is 0 Å². The van der Waals surface area contributed by atoms with Gasteiger partial charge in [-0.3, -0.25) is 4.98 Å². The number of hydrogen-bond donors (Lipinski definition) is 0. The summed E-state index contributed by atoms with van der Waals surface area (Å²) in [6.45, 7) is 0. The van der Waals surface area contributed by atoms with E-state index in [-0.39, 0.29) is 0 Å². The Morgan fingerprint density at radius 1 is 0.810 bits per heavy atom. The fourth-order valence-corrected chi connectivity index (χ4v) is 2.98. The van der Waals surface area contributed by atoms with E-state index in [4.69, 9.17) is 4.98 Å². The molecule has 0 amide bonds. The fourth-order valence-electron chi connectivity index (χ4n) is 2.27. The van der Waals surface area contributed by atoms with E-state index in [0.717, 1.165) is 33.0 Å². The Balaban J connectivity index is 2.03. The quantitative estimate of drug-likeness (QED) is 0.548. The van der Waals surface area contributed by atoms with E-state index in [1.54, 1.807) is 17.5 Å². The first-order valence-electron chi connectivity index (χ1n) is 6.64. The van der Waals surface area contributed by atoms with Gasteiger partial charge >= 0.3 is 0 Å². The molecule has 0 fully saturated rings. The molecule has 0 spiro atoms. The number of benzene rings is 1. The summed E-state index contributed by atoms with van der Waals surface area (Å²) >= 11 is 1.66. The van der Waals surface area contributed by atoms with Crippen LogP contribution in [-0.2, 0) is 0 Å². The summed E-state index contributed by atoms with van der Waals surface area (Å²) in [5, 5.41) is 2.05. The summed E-state index contributed by atoms with van der Waals surface area (Å²) in [5.41, 5.74) is 3.63. The molecule has 4 heteroatoms. The second kappa shape index (κ2) is 5.07. The minimum Gasteiger partial charge on any atom is -0.252 e. The van der Waals surface area contributed by atoms with Gasteiger partial charge in [0.05, 0.1) is 10.4 Å². The van der Waals surface area contributed by atoms with Crippen molar-refractivity contribution < 1.29 is 0 Å². The normalized spacial score (nSPS) is 10.9. The number of rotatable bonds is 2. The summed E-state index contributed by atoms with van der Waals surface area (Å²) in [4.78, 5) is 15.0. The van der Waals surface area contributed by atoms with Crippen LogP contribution in [0.3, 0.4) is 0 Å². The average Bonchev–Trinajstić information content (AvgIpc) is 3.09. The minimum absolute atomic E-state index is 0.736. The van der Waals surface area contributed by atoms with Crippen molar-refractivity contribution in [2.45, 2.75) is 0 Å². The molecule has 0 N–H and O–H groups in total. The molecular weight excluding hydrogens is 278 g/mol. The fraction of sp³-hybridized carbons (Fsp3) is 0. The van der Waals surface area contributed by atoms with E-state index >= 15 is 0 Å². The Morgan fingerprint density at radius 3 is 2.52 bits per heavy atom. The first-order chi connectivity index (χ1) is 10.4. The number of aromatic nitrogens is 3. The van der Waals surface area contributed by atoms with E-state index < -0.39 is 0 Å². The zero-order valence-corrected chi connectivity index (χ0v) is 11.9. The molecule has 3 aromatic heterocycles. The molecule has 0 aliphatic rings. The van der Waals surface area contributed by atoms with Crippen LogP contribution in [0.4, 0.5) is 0 Å². The van der Waals surface area contributed by atoms with Crippen LogP contribution in [0.25, 0.3) is 33.0 Å². The maximum Gasteiger partial charge on any atom is 0.160 e. The highest BCUT2D eigenvalue weighted by molar-refractivity contribution is 7.13. The largest absolute Gasteiger partial charge is 0.252 e. The molecule has 21 heavy (non-hydrogen) atoms. The summed E-state index contributed by atoms with van der Waals surface area (Å²) < 4.78 is 0. The smallest absolute Gasteiger partial charge is 0.160 e. The molecule has 0 saturated carbocycles. The molecule has 1 aromatic carbocycles. The van der Waals surface area contributed by atoms with E-state index in [2.05, 4.69) is 21.4 Å². The Labute approximate surface area is 126 Å². The van der Waals surface area contributed by atoms with Gasteiger partial charge in [-0.15, -0.1) is 11.3 Å². The lowest BCUT2D eigenvalue weighted by Gasteiger charge is -2.06. The monoisotopic (exact) mass is 289 g/mol. The number of hydrogen-bond acceptors (Lipinski definition) is 4. The molecular formula is C17H11N3S. The van der Waals surface area contributed by atoms with Crippen molar-refractivity contribution in [3.05, 3.63) is 66.2 Å². The van der Waals surface area contributed by atoms with Crippen molar-refractivity contribution in [3.8, 4) is 22.0 Å². The third-order valence-corrected chi connectivity index (χ3v) is 4.12. The number of pyridine rings is 1. The highest BCUT2D eigenvalue weighted by Gasteiger charge is 2.12. The van der Waals surface area contributed by atoms with Gasteiger partial charge in [-0.1, -0.05) is 36.4 Å². The molecule has 0 aliphatic heterocycles. The lowest BCUT2D eigenvalue weighted by atomic mass is 10.2. The maximum atomic E-state index is 4.75. The summed E-state index contributed by atoms with van der Waals surface area (Å²) in [5.74, 6) is 0.736. The topological polar surface area (TPSA) is 38.7 Å². The van der Waals surface area contributed by atoms with Crippen LogP contribution in [0.1, 0.15) is 0 Å². The highest BCUT2D eigenvalue weighted by Crippen LogP contribution is 2.30. The van der Waals surface area contributed by atoms with Crippen molar-refractivity contribution >= 4 is 22.4 Å². The van der Waals surface area contributed by atoms with Crippen LogP contribution in [-0.4, -0.2) is 15.0 Å². The van der Waals surface area contributed by atoms with Gasteiger partial charge in [0.2, 0.25) is 0 Å². The molecule has 3 nitrogen and oxygen atoms in total. The van der Waals surface area contributed by atoms with Crippen LogP contribution in [0, 0.1) is 0 Å². The maximum absolute atomic E-state index is 4.75. The van der Waals surface area contributed by atoms with Crippen molar-refractivity contribution in [3.63, 3.8) is 0 Å². The first-order valence-corrected chi connectivity index (χ1v) is 7.52. The summed E-state index contributed by atoms with van der Waals surface area (Å²) in [7, 11) is 0. The second-order valence-corrected chi connectivity index (χ2v) is 5.56. The van der Waals surface area contributed by atoms with E-state index in [1.165, 1.54) is 0 Å². The van der Waals surface area contributed by atoms with Crippen LogP contribution in [0.5, 0.6) is 0 Å². The van der Waals surface area contributed by atoms with Gasteiger partial charge in [0.25, 0.3) is 0 Å².